The first kappa shape index (κ1) is 21.9. The Morgan fingerprint density at radius 2 is 1.86 bits per heavy atom. The lowest BCUT2D eigenvalue weighted by Crippen LogP contribution is -2.38. The van der Waals surface area contributed by atoms with Gasteiger partial charge in [-0.25, -0.2) is 12.8 Å². The largest absolute Gasteiger partial charge is 0.357 e. The van der Waals surface area contributed by atoms with E-state index in [4.69, 9.17) is 0 Å². The van der Waals surface area contributed by atoms with Crippen molar-refractivity contribution in [1.29, 1.82) is 0 Å². The van der Waals surface area contributed by atoms with Crippen LogP contribution in [-0.2, 0) is 16.3 Å². The topological polar surface area (TPSA) is 70.6 Å². The van der Waals surface area contributed by atoms with Crippen molar-refractivity contribution >= 4 is 15.8 Å². The molecule has 0 saturated carbocycles. The van der Waals surface area contributed by atoms with E-state index >= 15 is 0 Å². The van der Waals surface area contributed by atoms with Crippen LogP contribution in [0, 0.1) is 12.7 Å². The number of sulfone groups is 1. The zero-order valence-electron chi connectivity index (χ0n) is 16.4. The van der Waals surface area contributed by atoms with Crippen molar-refractivity contribution in [3.05, 3.63) is 65.5 Å². The molecular formula is C21H28FN3O2S. The molecule has 0 atom stereocenters. The summed E-state index contributed by atoms with van der Waals surface area (Å²) in [5.41, 5.74) is 2.01. The molecule has 0 aromatic heterocycles. The van der Waals surface area contributed by atoms with Crippen molar-refractivity contribution in [3.8, 4) is 0 Å². The van der Waals surface area contributed by atoms with Crippen molar-refractivity contribution in [2.24, 2.45) is 4.99 Å². The second kappa shape index (κ2) is 10.8. The van der Waals surface area contributed by atoms with Gasteiger partial charge in [-0.2, -0.15) is 0 Å². The average molecular weight is 406 g/mol. The van der Waals surface area contributed by atoms with Crippen LogP contribution in [0.1, 0.15) is 24.5 Å². The Labute approximate surface area is 167 Å². The maximum absolute atomic E-state index is 13.2. The quantitative estimate of drug-likeness (QED) is 0.382. The molecule has 5 nitrogen and oxygen atoms in total. The minimum absolute atomic E-state index is 0.0642. The normalized spacial score (nSPS) is 12.0. The van der Waals surface area contributed by atoms with E-state index in [1.165, 1.54) is 12.1 Å². The maximum atomic E-state index is 13.2. The van der Waals surface area contributed by atoms with E-state index in [1.807, 2.05) is 13.8 Å². The second-order valence-corrected chi connectivity index (χ2v) is 8.60. The summed E-state index contributed by atoms with van der Waals surface area (Å²) in [7, 11) is -3.27. The number of benzene rings is 2. The Balaban J connectivity index is 1.83. The summed E-state index contributed by atoms with van der Waals surface area (Å²) in [6.45, 7) is 5.65. The maximum Gasteiger partial charge on any atom is 0.191 e. The van der Waals surface area contributed by atoms with Gasteiger partial charge in [0.05, 0.1) is 10.6 Å². The van der Waals surface area contributed by atoms with Gasteiger partial charge in [0.2, 0.25) is 0 Å². The van der Waals surface area contributed by atoms with E-state index in [1.54, 1.807) is 36.4 Å². The first-order chi connectivity index (χ1) is 13.4. The molecule has 0 spiro atoms. The van der Waals surface area contributed by atoms with Gasteiger partial charge < -0.3 is 10.6 Å². The number of rotatable bonds is 9. The number of aryl methyl sites for hydroxylation is 1. The summed E-state index contributed by atoms with van der Waals surface area (Å²) < 4.78 is 37.7. The van der Waals surface area contributed by atoms with E-state index < -0.39 is 9.84 Å². The summed E-state index contributed by atoms with van der Waals surface area (Å²) in [5, 5.41) is 6.39. The third-order valence-corrected chi connectivity index (χ3v) is 6.10. The van der Waals surface area contributed by atoms with Crippen LogP contribution in [-0.4, -0.2) is 39.8 Å². The van der Waals surface area contributed by atoms with Crippen LogP contribution < -0.4 is 10.6 Å². The number of nitrogens with one attached hydrogen (secondary N) is 2. The first-order valence-corrected chi connectivity index (χ1v) is 11.1. The molecule has 0 bridgehead atoms. The van der Waals surface area contributed by atoms with Crippen LogP contribution in [0.4, 0.5) is 4.39 Å². The summed E-state index contributed by atoms with van der Waals surface area (Å²) in [6, 6.07) is 13.3. The molecule has 0 saturated heterocycles. The highest BCUT2D eigenvalue weighted by Crippen LogP contribution is 2.11. The monoisotopic (exact) mass is 405 g/mol. The number of hydrogen-bond donors (Lipinski definition) is 2. The number of halogens is 1. The van der Waals surface area contributed by atoms with Gasteiger partial charge in [-0.05, 0) is 62.1 Å². The Bertz CT molecular complexity index is 884. The van der Waals surface area contributed by atoms with Gasteiger partial charge in [-0.15, -0.1) is 0 Å². The lowest BCUT2D eigenvalue weighted by atomic mass is 10.1. The van der Waals surface area contributed by atoms with Gasteiger partial charge in [-0.1, -0.05) is 24.3 Å². The van der Waals surface area contributed by atoms with E-state index in [-0.39, 0.29) is 11.6 Å². The Hall–Kier alpha value is -2.41. The lowest BCUT2D eigenvalue weighted by Gasteiger charge is -2.12. The van der Waals surface area contributed by atoms with Crippen molar-refractivity contribution in [1.82, 2.24) is 10.6 Å². The predicted octanol–water partition coefficient (Wildman–Crippen LogP) is 3.10. The van der Waals surface area contributed by atoms with Crippen LogP contribution in [0.15, 0.2) is 58.4 Å². The third-order valence-electron chi connectivity index (χ3n) is 4.28. The van der Waals surface area contributed by atoms with Gasteiger partial charge in [0.15, 0.2) is 15.8 Å². The lowest BCUT2D eigenvalue weighted by molar-refractivity contribution is 0.593. The molecule has 2 N–H and O–H groups in total. The molecule has 2 aromatic rings. The second-order valence-electron chi connectivity index (χ2n) is 6.49. The Kier molecular flexibility index (Phi) is 8.44. The molecule has 7 heteroatoms. The zero-order valence-corrected chi connectivity index (χ0v) is 17.2. The Morgan fingerprint density at radius 3 is 2.54 bits per heavy atom. The van der Waals surface area contributed by atoms with Gasteiger partial charge in [0, 0.05) is 19.6 Å². The average Bonchev–Trinajstić information content (AvgIpc) is 2.67. The molecule has 0 aliphatic heterocycles. The summed E-state index contributed by atoms with van der Waals surface area (Å²) in [5.74, 6) is 0.489. The van der Waals surface area contributed by atoms with Crippen molar-refractivity contribution in [2.45, 2.75) is 31.6 Å². The number of guanidine groups is 1. The molecule has 152 valence electrons. The highest BCUT2D eigenvalue weighted by atomic mass is 32.2. The highest BCUT2D eigenvalue weighted by Gasteiger charge is 2.12. The number of hydrogen-bond acceptors (Lipinski definition) is 3. The van der Waals surface area contributed by atoms with E-state index in [0.717, 1.165) is 17.5 Å². The SMILES string of the molecule is CCNC(=NCCCS(=O)(=O)c1ccccc1)NCCc1ccc(F)cc1C. The molecular weight excluding hydrogens is 377 g/mol. The van der Waals surface area contributed by atoms with Crippen LogP contribution in [0.25, 0.3) is 0 Å². The molecule has 0 aliphatic carbocycles. The van der Waals surface area contributed by atoms with Crippen LogP contribution in [0.5, 0.6) is 0 Å². The molecule has 0 heterocycles. The van der Waals surface area contributed by atoms with Gasteiger partial charge in [0.1, 0.15) is 5.82 Å². The molecule has 0 radical (unpaired) electrons. The fourth-order valence-corrected chi connectivity index (χ4v) is 4.10. The van der Waals surface area contributed by atoms with E-state index in [9.17, 15) is 12.8 Å². The molecule has 2 rings (SSSR count). The number of nitrogens with zero attached hydrogens (tertiary/aromatic N) is 1. The minimum atomic E-state index is -3.27. The highest BCUT2D eigenvalue weighted by molar-refractivity contribution is 7.91. The van der Waals surface area contributed by atoms with Gasteiger partial charge in [0.25, 0.3) is 0 Å². The van der Waals surface area contributed by atoms with Gasteiger partial charge in [-0.3, -0.25) is 4.99 Å². The fourth-order valence-electron chi connectivity index (χ4n) is 2.79. The predicted molar refractivity (Wildman–Crippen MR) is 112 cm³/mol. The van der Waals surface area contributed by atoms with Crippen LogP contribution in [0.2, 0.25) is 0 Å². The summed E-state index contributed by atoms with van der Waals surface area (Å²) in [6.07, 6.45) is 1.20. The summed E-state index contributed by atoms with van der Waals surface area (Å²) in [4.78, 5) is 4.79. The third kappa shape index (κ3) is 6.96. The standard InChI is InChI=1S/C21H28FN3O2S/c1-3-23-21(25-14-12-18-10-11-19(22)16-17(18)2)24-13-7-15-28(26,27)20-8-5-4-6-9-20/h4-6,8-11,16H,3,7,12-15H2,1-2H3,(H2,23,24,25). The number of aliphatic imine (C=N–C) groups is 1. The molecule has 0 aliphatic rings. The van der Waals surface area contributed by atoms with Crippen LogP contribution in [0.3, 0.4) is 0 Å². The van der Waals surface area contributed by atoms with Crippen molar-refractivity contribution in [3.63, 3.8) is 0 Å². The fraction of sp³-hybridized carbons (Fsp3) is 0.381. The van der Waals surface area contributed by atoms with Gasteiger partial charge >= 0.3 is 0 Å². The van der Waals surface area contributed by atoms with E-state index in [0.29, 0.717) is 36.9 Å². The van der Waals surface area contributed by atoms with Crippen molar-refractivity contribution in [2.75, 3.05) is 25.4 Å². The molecule has 0 fully saturated rings. The smallest absolute Gasteiger partial charge is 0.191 e. The molecule has 0 amide bonds. The summed E-state index contributed by atoms with van der Waals surface area (Å²) >= 11 is 0. The van der Waals surface area contributed by atoms with Crippen molar-refractivity contribution < 1.29 is 12.8 Å². The molecule has 2 aromatic carbocycles. The molecule has 28 heavy (non-hydrogen) atoms. The van der Waals surface area contributed by atoms with E-state index in [2.05, 4.69) is 15.6 Å². The minimum Gasteiger partial charge on any atom is -0.357 e. The van der Waals surface area contributed by atoms with Crippen LogP contribution >= 0.6 is 0 Å². The molecule has 0 unspecified atom stereocenters. The Morgan fingerprint density at radius 1 is 1.11 bits per heavy atom. The first-order valence-electron chi connectivity index (χ1n) is 9.47. The zero-order chi connectivity index (χ0) is 20.4.